The Morgan fingerprint density at radius 3 is 2.41 bits per heavy atom. The maximum atomic E-state index is 12.2. The SMILES string of the molecule is Cc1cc(N2CCN(C(=O)C(C)CN)CC2)nc(C(C)C)n1. The van der Waals surface area contributed by atoms with Crippen molar-refractivity contribution < 1.29 is 4.79 Å². The molecular weight excluding hydrogens is 278 g/mol. The summed E-state index contributed by atoms with van der Waals surface area (Å²) in [7, 11) is 0. The molecule has 1 aromatic heterocycles. The number of carbonyl (C=O) groups is 1. The third-order valence-corrected chi connectivity index (χ3v) is 4.06. The van der Waals surface area contributed by atoms with Crippen molar-refractivity contribution in [2.24, 2.45) is 11.7 Å². The molecule has 1 unspecified atom stereocenters. The molecule has 0 spiro atoms. The Bertz CT molecular complexity index is 523. The monoisotopic (exact) mass is 305 g/mol. The summed E-state index contributed by atoms with van der Waals surface area (Å²) < 4.78 is 0. The fourth-order valence-corrected chi connectivity index (χ4v) is 2.56. The first-order chi connectivity index (χ1) is 10.4. The van der Waals surface area contributed by atoms with Crippen molar-refractivity contribution in [3.8, 4) is 0 Å². The molecule has 6 heteroatoms. The molecule has 0 bridgehead atoms. The van der Waals surface area contributed by atoms with E-state index < -0.39 is 0 Å². The van der Waals surface area contributed by atoms with Gasteiger partial charge in [-0.15, -0.1) is 0 Å². The lowest BCUT2D eigenvalue weighted by molar-refractivity contribution is -0.134. The average molecular weight is 305 g/mol. The van der Waals surface area contributed by atoms with E-state index in [1.165, 1.54) is 0 Å². The van der Waals surface area contributed by atoms with E-state index in [4.69, 9.17) is 5.73 Å². The lowest BCUT2D eigenvalue weighted by Gasteiger charge is -2.36. The van der Waals surface area contributed by atoms with Crippen LogP contribution in [0, 0.1) is 12.8 Å². The van der Waals surface area contributed by atoms with E-state index >= 15 is 0 Å². The van der Waals surface area contributed by atoms with E-state index in [2.05, 4.69) is 28.7 Å². The number of aryl methyl sites for hydroxylation is 1. The van der Waals surface area contributed by atoms with Gasteiger partial charge in [0.15, 0.2) is 0 Å². The number of amides is 1. The maximum Gasteiger partial charge on any atom is 0.226 e. The topological polar surface area (TPSA) is 75.3 Å². The number of hydrogen-bond acceptors (Lipinski definition) is 5. The molecule has 1 aliphatic rings. The summed E-state index contributed by atoms with van der Waals surface area (Å²) in [5.41, 5.74) is 6.57. The van der Waals surface area contributed by atoms with Crippen LogP contribution in [0.4, 0.5) is 5.82 Å². The molecule has 2 heterocycles. The Kier molecular flexibility index (Phi) is 5.34. The summed E-state index contributed by atoms with van der Waals surface area (Å²) in [4.78, 5) is 25.5. The van der Waals surface area contributed by atoms with E-state index in [0.717, 1.165) is 43.5 Å². The van der Waals surface area contributed by atoms with Crippen molar-refractivity contribution in [1.29, 1.82) is 0 Å². The molecule has 2 rings (SSSR count). The van der Waals surface area contributed by atoms with Crippen LogP contribution in [0.1, 0.15) is 38.2 Å². The molecule has 6 nitrogen and oxygen atoms in total. The second kappa shape index (κ2) is 7.05. The van der Waals surface area contributed by atoms with Crippen LogP contribution in [0.5, 0.6) is 0 Å². The highest BCUT2D eigenvalue weighted by Gasteiger charge is 2.25. The quantitative estimate of drug-likeness (QED) is 0.903. The van der Waals surface area contributed by atoms with Crippen LogP contribution < -0.4 is 10.6 Å². The van der Waals surface area contributed by atoms with Gasteiger partial charge in [0, 0.05) is 56.3 Å². The normalized spacial score (nSPS) is 17.0. The largest absolute Gasteiger partial charge is 0.353 e. The van der Waals surface area contributed by atoms with Gasteiger partial charge >= 0.3 is 0 Å². The highest BCUT2D eigenvalue weighted by molar-refractivity contribution is 5.79. The van der Waals surface area contributed by atoms with Gasteiger partial charge in [0.25, 0.3) is 0 Å². The molecule has 1 saturated heterocycles. The number of aromatic nitrogens is 2. The fourth-order valence-electron chi connectivity index (χ4n) is 2.56. The van der Waals surface area contributed by atoms with E-state index in [1.54, 1.807) is 0 Å². The second-order valence-electron chi connectivity index (χ2n) is 6.33. The molecule has 0 aliphatic carbocycles. The summed E-state index contributed by atoms with van der Waals surface area (Å²) in [6, 6.07) is 2.02. The van der Waals surface area contributed by atoms with Gasteiger partial charge in [-0.1, -0.05) is 20.8 Å². The Morgan fingerprint density at radius 1 is 1.23 bits per heavy atom. The van der Waals surface area contributed by atoms with Crippen molar-refractivity contribution in [3.05, 3.63) is 17.6 Å². The lowest BCUT2D eigenvalue weighted by Crippen LogP contribution is -2.51. The number of anilines is 1. The van der Waals surface area contributed by atoms with Crippen LogP contribution in [0.25, 0.3) is 0 Å². The van der Waals surface area contributed by atoms with Crippen molar-refractivity contribution >= 4 is 11.7 Å². The van der Waals surface area contributed by atoms with Crippen LogP contribution >= 0.6 is 0 Å². The second-order valence-corrected chi connectivity index (χ2v) is 6.33. The molecule has 1 aromatic rings. The minimum Gasteiger partial charge on any atom is -0.353 e. The van der Waals surface area contributed by atoms with E-state index in [-0.39, 0.29) is 11.8 Å². The average Bonchev–Trinajstić information content (AvgIpc) is 2.53. The first kappa shape index (κ1) is 16.7. The molecule has 1 aliphatic heterocycles. The number of rotatable bonds is 4. The first-order valence-electron chi connectivity index (χ1n) is 8.01. The summed E-state index contributed by atoms with van der Waals surface area (Å²) in [6.07, 6.45) is 0. The van der Waals surface area contributed by atoms with E-state index in [0.29, 0.717) is 12.5 Å². The summed E-state index contributed by atoms with van der Waals surface area (Å²) >= 11 is 0. The van der Waals surface area contributed by atoms with Crippen molar-refractivity contribution in [2.75, 3.05) is 37.6 Å². The summed E-state index contributed by atoms with van der Waals surface area (Å²) in [5, 5.41) is 0. The number of carbonyl (C=O) groups excluding carboxylic acids is 1. The molecule has 0 saturated carbocycles. The molecular formula is C16H27N5O. The van der Waals surface area contributed by atoms with Crippen molar-refractivity contribution in [2.45, 2.75) is 33.6 Å². The molecule has 1 amide bonds. The molecule has 22 heavy (non-hydrogen) atoms. The Hall–Kier alpha value is -1.69. The lowest BCUT2D eigenvalue weighted by atomic mass is 10.1. The van der Waals surface area contributed by atoms with Gasteiger partial charge in [-0.05, 0) is 6.92 Å². The smallest absolute Gasteiger partial charge is 0.226 e. The van der Waals surface area contributed by atoms with Gasteiger partial charge in [-0.3, -0.25) is 4.79 Å². The van der Waals surface area contributed by atoms with Gasteiger partial charge in [0.1, 0.15) is 11.6 Å². The summed E-state index contributed by atoms with van der Waals surface area (Å²) in [6.45, 7) is 11.5. The van der Waals surface area contributed by atoms with Crippen LogP contribution in [0.15, 0.2) is 6.07 Å². The predicted octanol–water partition coefficient (Wildman–Crippen LogP) is 1.15. The zero-order valence-electron chi connectivity index (χ0n) is 14.0. The summed E-state index contributed by atoms with van der Waals surface area (Å²) in [5.74, 6) is 2.22. The molecule has 1 atom stereocenters. The number of nitrogens with two attached hydrogens (primary N) is 1. The molecule has 0 aromatic carbocycles. The zero-order chi connectivity index (χ0) is 16.3. The highest BCUT2D eigenvalue weighted by atomic mass is 16.2. The Morgan fingerprint density at radius 2 is 1.86 bits per heavy atom. The number of hydrogen-bond donors (Lipinski definition) is 1. The van der Waals surface area contributed by atoms with Crippen LogP contribution in [0.3, 0.4) is 0 Å². The van der Waals surface area contributed by atoms with Gasteiger partial charge in [0.2, 0.25) is 5.91 Å². The third kappa shape index (κ3) is 3.74. The molecule has 1 fully saturated rings. The molecule has 2 N–H and O–H groups in total. The third-order valence-electron chi connectivity index (χ3n) is 4.06. The highest BCUT2D eigenvalue weighted by Crippen LogP contribution is 2.19. The van der Waals surface area contributed by atoms with Crippen LogP contribution in [-0.2, 0) is 4.79 Å². The van der Waals surface area contributed by atoms with Gasteiger partial charge in [-0.2, -0.15) is 0 Å². The fraction of sp³-hybridized carbons (Fsp3) is 0.688. The molecule has 122 valence electrons. The van der Waals surface area contributed by atoms with Crippen LogP contribution in [0.2, 0.25) is 0 Å². The van der Waals surface area contributed by atoms with E-state index in [1.807, 2.05) is 24.8 Å². The van der Waals surface area contributed by atoms with Gasteiger partial charge in [0.05, 0.1) is 0 Å². The molecule has 0 radical (unpaired) electrons. The standard InChI is InChI=1S/C16H27N5O/c1-11(2)15-18-13(4)9-14(19-15)20-5-7-21(8-6-20)16(22)12(3)10-17/h9,11-12H,5-8,10,17H2,1-4H3. The van der Waals surface area contributed by atoms with Crippen LogP contribution in [-0.4, -0.2) is 53.5 Å². The Labute approximate surface area is 132 Å². The van der Waals surface area contributed by atoms with Gasteiger partial charge < -0.3 is 15.5 Å². The number of piperazine rings is 1. The first-order valence-corrected chi connectivity index (χ1v) is 8.01. The maximum absolute atomic E-state index is 12.2. The van der Waals surface area contributed by atoms with E-state index in [9.17, 15) is 4.79 Å². The minimum absolute atomic E-state index is 0.0969. The predicted molar refractivity (Wildman–Crippen MR) is 87.9 cm³/mol. The minimum atomic E-state index is -0.0969. The number of nitrogens with zero attached hydrogens (tertiary/aromatic N) is 4. The van der Waals surface area contributed by atoms with Gasteiger partial charge in [-0.25, -0.2) is 9.97 Å². The van der Waals surface area contributed by atoms with Crippen molar-refractivity contribution in [1.82, 2.24) is 14.9 Å². The van der Waals surface area contributed by atoms with Crippen molar-refractivity contribution in [3.63, 3.8) is 0 Å². The zero-order valence-corrected chi connectivity index (χ0v) is 14.0. The Balaban J connectivity index is 2.04.